The number of benzene rings is 1. The summed E-state index contributed by atoms with van der Waals surface area (Å²) in [5, 5.41) is 6.40. The smallest absolute Gasteiger partial charge is 0.315 e. The van der Waals surface area contributed by atoms with Gasteiger partial charge in [-0.1, -0.05) is 30.3 Å². The third-order valence-electron chi connectivity index (χ3n) is 6.35. The fraction of sp³-hybridized carbons (Fsp3) is 0.650. The van der Waals surface area contributed by atoms with Gasteiger partial charge < -0.3 is 26.2 Å². The molecule has 2 amide bonds. The number of nitrogens with one attached hydrogen (secondary N) is 2. The lowest BCUT2D eigenvalue weighted by molar-refractivity contribution is 0.0230. The summed E-state index contributed by atoms with van der Waals surface area (Å²) in [5.74, 6) is 0.481. The van der Waals surface area contributed by atoms with Crippen molar-refractivity contribution in [2.75, 3.05) is 52.4 Å². The lowest BCUT2D eigenvalue weighted by Gasteiger charge is -2.55. The van der Waals surface area contributed by atoms with E-state index >= 15 is 0 Å². The Balaban J connectivity index is 1.55. The number of hydrogen-bond donors (Lipinski definition) is 3. The van der Waals surface area contributed by atoms with Crippen LogP contribution in [-0.2, 0) is 5.41 Å². The van der Waals surface area contributed by atoms with Gasteiger partial charge in [0.05, 0.1) is 0 Å². The third-order valence-corrected chi connectivity index (χ3v) is 6.35. The van der Waals surface area contributed by atoms with Gasteiger partial charge in [-0.2, -0.15) is 0 Å². The highest BCUT2D eigenvalue weighted by atomic mass is 16.2. The maximum atomic E-state index is 12.6. The van der Waals surface area contributed by atoms with Gasteiger partial charge in [-0.15, -0.1) is 0 Å². The normalized spacial score (nSPS) is 35.1. The summed E-state index contributed by atoms with van der Waals surface area (Å²) in [6, 6.07) is 11.0. The molecule has 4 saturated heterocycles. The number of nitrogens with zero attached hydrogens (tertiary/aromatic N) is 2. The van der Waals surface area contributed by atoms with Gasteiger partial charge in [-0.3, -0.25) is 0 Å². The number of urea groups is 1. The van der Waals surface area contributed by atoms with E-state index in [2.05, 4.69) is 50.8 Å². The zero-order valence-corrected chi connectivity index (χ0v) is 15.5. The van der Waals surface area contributed by atoms with E-state index in [1.54, 1.807) is 0 Å². The van der Waals surface area contributed by atoms with Gasteiger partial charge in [0, 0.05) is 63.2 Å². The Hall–Kier alpha value is -1.63. The minimum absolute atomic E-state index is 0.0203. The van der Waals surface area contributed by atoms with E-state index in [9.17, 15) is 4.79 Å². The SMILES string of the molecule is NCCCCNC(=O)N[C@H]1C2CN3CCN(C2)CC1(c1ccccc1)C3. The number of nitrogens with two attached hydrogens (primary N) is 1. The second-order valence-corrected chi connectivity index (χ2v) is 8.13. The van der Waals surface area contributed by atoms with Crippen LogP contribution < -0.4 is 16.4 Å². The van der Waals surface area contributed by atoms with Crippen LogP contribution in [0.5, 0.6) is 0 Å². The number of piperidine rings is 2. The Morgan fingerprint density at radius 3 is 2.46 bits per heavy atom. The first-order valence-electron chi connectivity index (χ1n) is 9.96. The van der Waals surface area contributed by atoms with Gasteiger partial charge in [0.2, 0.25) is 0 Å². The standard InChI is InChI=1S/C20H31N5O/c21-8-4-5-9-22-19(26)23-18-16-12-24-10-11-25(13-16)15-20(18,14-24)17-6-2-1-3-7-17/h1-3,6-7,16,18H,4-5,8-15,21H2,(H2,22,23,26)/t16?,18-,20?/m0/s1. The van der Waals surface area contributed by atoms with Gasteiger partial charge in [0.1, 0.15) is 0 Å². The van der Waals surface area contributed by atoms with Gasteiger partial charge in [-0.05, 0) is 24.9 Å². The molecule has 6 nitrogen and oxygen atoms in total. The number of carbonyl (C=O) groups is 1. The van der Waals surface area contributed by atoms with Crippen molar-refractivity contribution in [3.05, 3.63) is 35.9 Å². The van der Waals surface area contributed by atoms with E-state index in [1.807, 2.05) is 0 Å². The Labute approximate surface area is 156 Å². The van der Waals surface area contributed by atoms with Crippen LogP contribution in [0.2, 0.25) is 0 Å². The average molecular weight is 358 g/mol. The van der Waals surface area contributed by atoms with E-state index in [4.69, 9.17) is 5.73 Å². The van der Waals surface area contributed by atoms with E-state index in [0.29, 0.717) is 19.0 Å². The number of fused-ring (bicyclic) bond motifs is 1. The molecule has 142 valence electrons. The predicted molar refractivity (Wildman–Crippen MR) is 103 cm³/mol. The van der Waals surface area contributed by atoms with Crippen molar-refractivity contribution in [2.24, 2.45) is 11.7 Å². The second-order valence-electron chi connectivity index (χ2n) is 8.13. The number of carbonyl (C=O) groups excluding carboxylic acids is 1. The molecule has 4 bridgehead atoms. The predicted octanol–water partition coefficient (Wildman–Crippen LogP) is 0.592. The Morgan fingerprint density at radius 1 is 1.12 bits per heavy atom. The van der Waals surface area contributed by atoms with Crippen LogP contribution in [0, 0.1) is 5.92 Å². The summed E-state index contributed by atoms with van der Waals surface area (Å²) in [4.78, 5) is 17.8. The van der Waals surface area contributed by atoms with Crippen LogP contribution in [0.3, 0.4) is 0 Å². The molecular formula is C20H31N5O. The van der Waals surface area contributed by atoms with Crippen LogP contribution in [0.1, 0.15) is 18.4 Å². The molecule has 1 aromatic rings. The van der Waals surface area contributed by atoms with Crippen LogP contribution in [0.4, 0.5) is 4.79 Å². The molecule has 4 fully saturated rings. The number of amides is 2. The van der Waals surface area contributed by atoms with Gasteiger partial charge in [0.25, 0.3) is 0 Å². The third kappa shape index (κ3) is 3.33. The first kappa shape index (κ1) is 17.8. The molecule has 5 rings (SSSR count). The summed E-state index contributed by atoms with van der Waals surface area (Å²) in [6.07, 6.45) is 1.88. The summed E-state index contributed by atoms with van der Waals surface area (Å²) < 4.78 is 0. The monoisotopic (exact) mass is 357 g/mol. The Morgan fingerprint density at radius 2 is 1.81 bits per heavy atom. The Kier molecular flexibility index (Phi) is 5.16. The molecule has 0 saturated carbocycles. The highest BCUT2D eigenvalue weighted by molar-refractivity contribution is 5.74. The molecular weight excluding hydrogens is 326 g/mol. The minimum atomic E-state index is -0.0292. The number of rotatable bonds is 6. The quantitative estimate of drug-likeness (QED) is 0.652. The highest BCUT2D eigenvalue weighted by Gasteiger charge is 2.55. The molecule has 4 aliphatic rings. The first-order chi connectivity index (χ1) is 12.7. The molecule has 6 heteroatoms. The molecule has 0 aliphatic carbocycles. The lowest BCUT2D eigenvalue weighted by Crippen LogP contribution is -2.71. The van der Waals surface area contributed by atoms with Crippen molar-refractivity contribution in [1.29, 1.82) is 0 Å². The van der Waals surface area contributed by atoms with Crippen molar-refractivity contribution >= 4 is 6.03 Å². The van der Waals surface area contributed by atoms with Crippen molar-refractivity contribution < 1.29 is 4.79 Å². The van der Waals surface area contributed by atoms with Gasteiger partial charge in [0.15, 0.2) is 0 Å². The molecule has 4 aliphatic heterocycles. The molecule has 0 aromatic heterocycles. The average Bonchev–Trinajstić information content (AvgIpc) is 2.91. The van der Waals surface area contributed by atoms with Gasteiger partial charge >= 0.3 is 6.03 Å². The zero-order valence-electron chi connectivity index (χ0n) is 15.5. The summed E-state index contributed by atoms with van der Waals surface area (Å²) in [7, 11) is 0. The lowest BCUT2D eigenvalue weighted by atomic mass is 9.64. The zero-order chi connectivity index (χ0) is 18.0. The van der Waals surface area contributed by atoms with Crippen LogP contribution in [0.25, 0.3) is 0 Å². The molecule has 2 unspecified atom stereocenters. The fourth-order valence-corrected chi connectivity index (χ4v) is 5.23. The van der Waals surface area contributed by atoms with E-state index in [0.717, 1.165) is 52.1 Å². The largest absolute Gasteiger partial charge is 0.338 e. The molecule has 0 radical (unpaired) electrons. The highest BCUT2D eigenvalue weighted by Crippen LogP contribution is 2.43. The van der Waals surface area contributed by atoms with Crippen molar-refractivity contribution in [1.82, 2.24) is 20.4 Å². The molecule has 26 heavy (non-hydrogen) atoms. The van der Waals surface area contributed by atoms with Crippen LogP contribution in [0.15, 0.2) is 30.3 Å². The second kappa shape index (κ2) is 7.55. The van der Waals surface area contributed by atoms with E-state index < -0.39 is 0 Å². The van der Waals surface area contributed by atoms with Gasteiger partial charge in [-0.25, -0.2) is 4.79 Å². The summed E-state index contributed by atoms with van der Waals surface area (Å²) >= 11 is 0. The first-order valence-corrected chi connectivity index (χ1v) is 9.96. The molecule has 0 spiro atoms. The van der Waals surface area contributed by atoms with Crippen LogP contribution >= 0.6 is 0 Å². The van der Waals surface area contributed by atoms with Crippen molar-refractivity contribution in [3.63, 3.8) is 0 Å². The van der Waals surface area contributed by atoms with Crippen LogP contribution in [-0.4, -0.2) is 74.2 Å². The van der Waals surface area contributed by atoms with E-state index in [-0.39, 0.29) is 17.5 Å². The number of hydrogen-bond acceptors (Lipinski definition) is 4. The molecule has 4 heterocycles. The Bertz CT molecular complexity index is 606. The van der Waals surface area contributed by atoms with Crippen molar-refractivity contribution in [3.8, 4) is 0 Å². The maximum Gasteiger partial charge on any atom is 0.315 e. The molecule has 4 N–H and O–H groups in total. The molecule has 3 atom stereocenters. The van der Waals surface area contributed by atoms with Crippen molar-refractivity contribution in [2.45, 2.75) is 24.3 Å². The molecule has 1 aromatic carbocycles. The summed E-state index contributed by atoms with van der Waals surface area (Å²) in [5.41, 5.74) is 6.87. The topological polar surface area (TPSA) is 73.6 Å². The maximum absolute atomic E-state index is 12.6. The van der Waals surface area contributed by atoms with E-state index in [1.165, 1.54) is 5.56 Å². The fourth-order valence-electron chi connectivity index (χ4n) is 5.23. The number of unbranched alkanes of at least 4 members (excludes halogenated alkanes) is 1. The minimum Gasteiger partial charge on any atom is -0.338 e. The summed E-state index contributed by atoms with van der Waals surface area (Å²) in [6.45, 7) is 7.89.